The van der Waals surface area contributed by atoms with Gasteiger partial charge in [0, 0.05) is 18.4 Å². The molecule has 0 radical (unpaired) electrons. The zero-order valence-corrected chi connectivity index (χ0v) is 10.9. The lowest BCUT2D eigenvalue weighted by molar-refractivity contribution is -0.141. The van der Waals surface area contributed by atoms with Crippen molar-refractivity contribution in [3.63, 3.8) is 0 Å². The highest BCUT2D eigenvalue weighted by Gasteiger charge is 2.71. The van der Waals surface area contributed by atoms with Gasteiger partial charge in [-0.25, -0.2) is 9.59 Å². The van der Waals surface area contributed by atoms with E-state index in [4.69, 9.17) is 4.74 Å². The predicted molar refractivity (Wildman–Crippen MR) is 64.2 cm³/mol. The van der Waals surface area contributed by atoms with Gasteiger partial charge in [-0.3, -0.25) is 0 Å². The number of fused-ring (bicyclic) bond motifs is 1. The molecule has 1 saturated carbocycles. The summed E-state index contributed by atoms with van der Waals surface area (Å²) in [5.74, 6) is -0.980. The third-order valence-corrected chi connectivity index (χ3v) is 3.60. The van der Waals surface area contributed by atoms with E-state index in [1.807, 2.05) is 0 Å². The van der Waals surface area contributed by atoms with Crippen molar-refractivity contribution in [1.29, 1.82) is 0 Å². The second kappa shape index (κ2) is 4.12. The fraction of sp³-hybridized carbons (Fsp3) is 0.833. The second-order valence-corrected chi connectivity index (χ2v) is 6.01. The number of piperidine rings is 1. The lowest BCUT2D eigenvalue weighted by atomic mass is 10.1. The van der Waals surface area contributed by atoms with Crippen LogP contribution in [0, 0.1) is 11.8 Å². The van der Waals surface area contributed by atoms with Gasteiger partial charge in [0.25, 0.3) is 0 Å². The normalized spacial score (nSPS) is 34.4. The van der Waals surface area contributed by atoms with E-state index in [1.165, 1.54) is 0 Å². The third kappa shape index (κ3) is 2.16. The molecule has 6 nitrogen and oxygen atoms in total. The Morgan fingerprint density at radius 3 is 2.50 bits per heavy atom. The van der Waals surface area contributed by atoms with Crippen LogP contribution in [0.1, 0.15) is 27.2 Å². The van der Waals surface area contributed by atoms with E-state index in [9.17, 15) is 14.7 Å². The van der Waals surface area contributed by atoms with E-state index in [1.54, 1.807) is 20.8 Å². The highest BCUT2D eigenvalue weighted by molar-refractivity contribution is 5.89. The minimum Gasteiger partial charge on any atom is -0.479 e. The van der Waals surface area contributed by atoms with Crippen LogP contribution in [0.15, 0.2) is 0 Å². The summed E-state index contributed by atoms with van der Waals surface area (Å²) in [5, 5.41) is 15.1. The Bertz CT molecular complexity index is 363. The summed E-state index contributed by atoms with van der Waals surface area (Å²) < 4.78 is 5.14. The van der Waals surface area contributed by atoms with Crippen LogP contribution in [0.4, 0.5) is 4.79 Å². The first kappa shape index (κ1) is 13.1. The number of amides is 1. The maximum Gasteiger partial charge on any atom is 0.408 e. The first-order valence-electron chi connectivity index (χ1n) is 6.22. The van der Waals surface area contributed by atoms with Gasteiger partial charge in [0.15, 0.2) is 0 Å². The fourth-order valence-electron chi connectivity index (χ4n) is 2.81. The number of rotatable bonds is 2. The van der Waals surface area contributed by atoms with Crippen molar-refractivity contribution < 1.29 is 19.4 Å². The molecule has 1 heterocycles. The minimum atomic E-state index is -1.13. The maximum absolute atomic E-state index is 11.7. The van der Waals surface area contributed by atoms with E-state index in [2.05, 4.69) is 10.6 Å². The van der Waals surface area contributed by atoms with Crippen LogP contribution in [-0.2, 0) is 9.53 Å². The van der Waals surface area contributed by atoms with Crippen molar-refractivity contribution >= 4 is 12.1 Å². The molecule has 1 aliphatic carbocycles. The molecule has 0 aromatic rings. The van der Waals surface area contributed by atoms with Crippen LogP contribution < -0.4 is 10.6 Å². The molecule has 0 aromatic heterocycles. The van der Waals surface area contributed by atoms with Gasteiger partial charge in [0.05, 0.1) is 0 Å². The summed E-state index contributed by atoms with van der Waals surface area (Å²) in [6, 6.07) is 0. The van der Waals surface area contributed by atoms with Gasteiger partial charge in [-0.15, -0.1) is 0 Å². The molecule has 0 spiro atoms. The molecule has 3 unspecified atom stereocenters. The average molecular weight is 256 g/mol. The molecule has 2 aliphatic rings. The average Bonchev–Trinajstić information content (AvgIpc) is 2.85. The molecule has 2 fully saturated rings. The fourth-order valence-corrected chi connectivity index (χ4v) is 2.81. The smallest absolute Gasteiger partial charge is 0.408 e. The summed E-state index contributed by atoms with van der Waals surface area (Å²) >= 11 is 0. The Morgan fingerprint density at radius 1 is 1.39 bits per heavy atom. The zero-order chi connectivity index (χ0) is 13.6. The van der Waals surface area contributed by atoms with Gasteiger partial charge in [0.2, 0.25) is 0 Å². The predicted octanol–water partition coefficient (Wildman–Crippen LogP) is 0.574. The molecule has 3 N–H and O–H groups in total. The Kier molecular flexibility index (Phi) is 3.01. The molecular formula is C12H20N2O4. The summed E-state index contributed by atoms with van der Waals surface area (Å²) in [4.78, 5) is 23.2. The number of ether oxygens (including phenoxy) is 1. The number of carboxylic acid groups (broad SMARTS) is 1. The molecule has 2 rings (SSSR count). The number of carbonyl (C=O) groups excluding carboxylic acids is 1. The molecule has 102 valence electrons. The SMILES string of the molecule is CC(C)(C)OC(=O)NC1(C(=O)O)C2CCNCC21. The van der Waals surface area contributed by atoms with Crippen LogP contribution in [0.3, 0.4) is 0 Å². The zero-order valence-electron chi connectivity index (χ0n) is 10.9. The van der Waals surface area contributed by atoms with Crippen molar-refractivity contribution in [2.75, 3.05) is 13.1 Å². The topological polar surface area (TPSA) is 87.7 Å². The maximum atomic E-state index is 11.7. The number of carboxylic acids is 1. The highest BCUT2D eigenvalue weighted by Crippen LogP contribution is 2.53. The highest BCUT2D eigenvalue weighted by atomic mass is 16.6. The molecule has 3 atom stereocenters. The molecule has 1 amide bonds. The third-order valence-electron chi connectivity index (χ3n) is 3.60. The number of hydrogen-bond donors (Lipinski definition) is 3. The van der Waals surface area contributed by atoms with Crippen LogP contribution >= 0.6 is 0 Å². The Morgan fingerprint density at radius 2 is 2.06 bits per heavy atom. The van der Waals surface area contributed by atoms with Gasteiger partial charge in [0.1, 0.15) is 11.1 Å². The Labute approximate surface area is 106 Å². The summed E-state index contributed by atoms with van der Waals surface area (Å²) in [6.07, 6.45) is 0.117. The Hall–Kier alpha value is -1.30. The van der Waals surface area contributed by atoms with E-state index < -0.39 is 23.2 Å². The summed E-state index contributed by atoms with van der Waals surface area (Å²) in [7, 11) is 0. The second-order valence-electron chi connectivity index (χ2n) is 6.01. The molecule has 0 bridgehead atoms. The van der Waals surface area contributed by atoms with Crippen LogP contribution in [0.25, 0.3) is 0 Å². The molecule has 1 aliphatic heterocycles. The lowest BCUT2D eigenvalue weighted by Gasteiger charge is -2.22. The largest absolute Gasteiger partial charge is 0.479 e. The van der Waals surface area contributed by atoms with Crippen molar-refractivity contribution in [3.8, 4) is 0 Å². The van der Waals surface area contributed by atoms with Crippen molar-refractivity contribution in [2.24, 2.45) is 11.8 Å². The van der Waals surface area contributed by atoms with Gasteiger partial charge >= 0.3 is 12.1 Å². The van der Waals surface area contributed by atoms with Crippen molar-refractivity contribution in [1.82, 2.24) is 10.6 Å². The van der Waals surface area contributed by atoms with Crippen molar-refractivity contribution in [2.45, 2.75) is 38.3 Å². The van der Waals surface area contributed by atoms with Gasteiger partial charge < -0.3 is 20.5 Å². The Balaban J connectivity index is 2.05. The van der Waals surface area contributed by atoms with Gasteiger partial charge in [-0.05, 0) is 33.7 Å². The first-order valence-corrected chi connectivity index (χ1v) is 6.22. The quantitative estimate of drug-likeness (QED) is 0.672. The van der Waals surface area contributed by atoms with Crippen LogP contribution in [-0.4, -0.2) is 41.4 Å². The van der Waals surface area contributed by atoms with E-state index >= 15 is 0 Å². The van der Waals surface area contributed by atoms with E-state index in [-0.39, 0.29) is 11.8 Å². The van der Waals surface area contributed by atoms with Gasteiger partial charge in [-0.2, -0.15) is 0 Å². The van der Waals surface area contributed by atoms with Crippen molar-refractivity contribution in [3.05, 3.63) is 0 Å². The van der Waals surface area contributed by atoms with E-state index in [0.717, 1.165) is 13.0 Å². The molecule has 0 aromatic carbocycles. The summed E-state index contributed by atoms with van der Waals surface area (Å²) in [6.45, 7) is 6.68. The number of alkyl carbamates (subject to hydrolysis) is 1. The number of nitrogens with one attached hydrogen (secondary N) is 2. The van der Waals surface area contributed by atoms with Crippen LogP contribution in [0.5, 0.6) is 0 Å². The minimum absolute atomic E-state index is 0.0174. The van der Waals surface area contributed by atoms with E-state index in [0.29, 0.717) is 6.54 Å². The van der Waals surface area contributed by atoms with Gasteiger partial charge in [-0.1, -0.05) is 0 Å². The number of aliphatic carboxylic acids is 1. The standard InChI is InChI=1S/C12H20N2O4/c1-11(2,3)18-10(17)14-12(9(15)16)7-4-5-13-6-8(7)12/h7-8,13H,4-6H2,1-3H3,(H,14,17)(H,15,16). The lowest BCUT2D eigenvalue weighted by Crippen LogP contribution is -2.48. The molecule has 6 heteroatoms. The molecule has 18 heavy (non-hydrogen) atoms. The number of carbonyl (C=O) groups is 2. The first-order chi connectivity index (χ1) is 8.27. The molecular weight excluding hydrogens is 236 g/mol. The van der Waals surface area contributed by atoms with Crippen LogP contribution in [0.2, 0.25) is 0 Å². The number of hydrogen-bond acceptors (Lipinski definition) is 4. The monoisotopic (exact) mass is 256 g/mol. The molecule has 1 saturated heterocycles. The summed E-state index contributed by atoms with van der Waals surface area (Å²) in [5.41, 5.74) is -1.76.